The molecule has 0 aromatic heterocycles. The van der Waals surface area contributed by atoms with Gasteiger partial charge in [0.2, 0.25) is 0 Å². The predicted molar refractivity (Wildman–Crippen MR) is 73.4 cm³/mol. The number of nitrogens with two attached hydrogens (primary N) is 1. The van der Waals surface area contributed by atoms with E-state index in [2.05, 4.69) is 5.32 Å². The van der Waals surface area contributed by atoms with Crippen LogP contribution >= 0.6 is 17.0 Å². The number of rotatable bonds is 2. The van der Waals surface area contributed by atoms with Crippen LogP contribution < -0.4 is 11.1 Å². The molecule has 1 saturated heterocycles. The number of halogens is 1. The van der Waals surface area contributed by atoms with Gasteiger partial charge >= 0.3 is 0 Å². The van der Waals surface area contributed by atoms with Crippen LogP contribution in [0.3, 0.4) is 0 Å². The van der Waals surface area contributed by atoms with Gasteiger partial charge in [-0.15, -0.1) is 17.0 Å². The minimum Gasteiger partial charge on any atom is -0.506 e. The van der Waals surface area contributed by atoms with Gasteiger partial charge in [0.05, 0.1) is 11.8 Å². The number of anilines is 1. The maximum Gasteiger partial charge on any atom is 0.138 e. The van der Waals surface area contributed by atoms with Gasteiger partial charge in [-0.25, -0.2) is 0 Å². The number of phenols is 1. The summed E-state index contributed by atoms with van der Waals surface area (Å²) in [7, 11) is 0. The lowest BCUT2D eigenvalue weighted by atomic mass is 9.94. The topological polar surface area (TPSA) is 78.5 Å². The van der Waals surface area contributed by atoms with E-state index < -0.39 is 6.10 Å². The molecule has 96 valence electrons. The van der Waals surface area contributed by atoms with Crippen LogP contribution in [0, 0.1) is 0 Å². The number of nitrogens with one attached hydrogen (secondary N) is 1. The summed E-state index contributed by atoms with van der Waals surface area (Å²) < 4.78 is 0. The second kappa shape index (κ2) is 6.23. The summed E-state index contributed by atoms with van der Waals surface area (Å²) in [6.45, 7) is 0.954. The minimum atomic E-state index is -0.553. The molecule has 1 heterocycles. The molecule has 0 radical (unpaired) electrons. The molecule has 1 aliphatic heterocycles. The first kappa shape index (κ1) is 14.3. The van der Waals surface area contributed by atoms with Crippen molar-refractivity contribution in [2.75, 3.05) is 12.3 Å². The summed E-state index contributed by atoms with van der Waals surface area (Å²) in [4.78, 5) is 0. The first-order valence-electron chi connectivity index (χ1n) is 5.68. The molecule has 0 saturated carbocycles. The van der Waals surface area contributed by atoms with Crippen molar-refractivity contribution >= 4 is 22.7 Å². The minimum absolute atomic E-state index is 0. The maximum absolute atomic E-state index is 10.2. The lowest BCUT2D eigenvalue weighted by molar-refractivity contribution is 0.114. The highest BCUT2D eigenvalue weighted by Gasteiger charge is 2.22. The van der Waals surface area contributed by atoms with Crippen molar-refractivity contribution in [3.8, 4) is 5.75 Å². The van der Waals surface area contributed by atoms with E-state index in [9.17, 15) is 10.2 Å². The van der Waals surface area contributed by atoms with Crippen LogP contribution in [-0.2, 0) is 0 Å². The molecule has 4 nitrogen and oxygen atoms in total. The van der Waals surface area contributed by atoms with Gasteiger partial charge in [0, 0.05) is 6.04 Å². The van der Waals surface area contributed by atoms with E-state index in [0.717, 1.165) is 24.9 Å². The summed E-state index contributed by atoms with van der Waals surface area (Å²) >= 11 is 0. The van der Waals surface area contributed by atoms with E-state index in [1.165, 1.54) is 12.5 Å². The Morgan fingerprint density at radius 3 is 2.71 bits per heavy atom. The molecule has 0 aliphatic carbocycles. The summed E-state index contributed by atoms with van der Waals surface area (Å²) in [5.41, 5.74) is 6.68. The molecule has 0 bridgehead atoms. The third-order valence-electron chi connectivity index (χ3n) is 3.12. The van der Waals surface area contributed by atoms with E-state index in [0.29, 0.717) is 5.69 Å². The Hall–Kier alpha value is -0.780. The van der Waals surface area contributed by atoms with Crippen molar-refractivity contribution < 1.29 is 10.2 Å². The summed E-state index contributed by atoms with van der Waals surface area (Å²) in [5, 5.41) is 22.8. The van der Waals surface area contributed by atoms with E-state index in [-0.39, 0.29) is 28.8 Å². The van der Waals surface area contributed by atoms with Gasteiger partial charge in [-0.1, -0.05) is 12.5 Å². The largest absolute Gasteiger partial charge is 0.506 e. The molecule has 1 aliphatic rings. The fourth-order valence-corrected chi connectivity index (χ4v) is 2.14. The second-order valence-electron chi connectivity index (χ2n) is 4.32. The van der Waals surface area contributed by atoms with Gasteiger partial charge in [-0.05, 0) is 37.1 Å². The monoisotopic (exact) mass is 302 g/mol. The number of benzene rings is 1. The predicted octanol–water partition coefficient (Wildman–Crippen LogP) is 1.73. The molecule has 5 heteroatoms. The Kier molecular flexibility index (Phi) is 5.24. The molecule has 2 atom stereocenters. The highest BCUT2D eigenvalue weighted by atomic mass is 79.9. The number of aliphatic hydroxyl groups excluding tert-OH is 1. The van der Waals surface area contributed by atoms with Gasteiger partial charge in [0.15, 0.2) is 0 Å². The number of nitrogen functional groups attached to an aromatic ring is 1. The standard InChI is InChI=1S/C12H18N2O2.BrH/c13-9-7-8(4-5-11(9)15)12(16)10-3-1-2-6-14-10;/h4-5,7,10,12,14-16H,1-3,6,13H2;1H. The molecular weight excluding hydrogens is 284 g/mol. The molecule has 5 N–H and O–H groups in total. The second-order valence-corrected chi connectivity index (χ2v) is 4.32. The van der Waals surface area contributed by atoms with Crippen LogP contribution in [0.4, 0.5) is 5.69 Å². The fraction of sp³-hybridized carbons (Fsp3) is 0.500. The van der Waals surface area contributed by atoms with Crippen molar-refractivity contribution in [2.45, 2.75) is 31.4 Å². The van der Waals surface area contributed by atoms with Crippen LogP contribution in [-0.4, -0.2) is 22.8 Å². The number of phenolic OH excluding ortho intramolecular Hbond substituents is 1. The zero-order valence-corrected chi connectivity index (χ0v) is 11.3. The number of piperidine rings is 1. The number of hydrogen-bond acceptors (Lipinski definition) is 4. The third kappa shape index (κ3) is 3.34. The summed E-state index contributed by atoms with van der Waals surface area (Å²) in [6, 6.07) is 4.97. The van der Waals surface area contributed by atoms with Crippen LogP contribution in [0.25, 0.3) is 0 Å². The van der Waals surface area contributed by atoms with Crippen molar-refractivity contribution in [3.05, 3.63) is 23.8 Å². The van der Waals surface area contributed by atoms with Crippen LogP contribution in [0.1, 0.15) is 30.9 Å². The summed E-state index contributed by atoms with van der Waals surface area (Å²) in [5.74, 6) is 0.0625. The van der Waals surface area contributed by atoms with Crippen LogP contribution in [0.5, 0.6) is 5.75 Å². The zero-order chi connectivity index (χ0) is 11.5. The van der Waals surface area contributed by atoms with Gasteiger partial charge in [0.25, 0.3) is 0 Å². The molecule has 2 rings (SSSR count). The Morgan fingerprint density at radius 2 is 2.12 bits per heavy atom. The van der Waals surface area contributed by atoms with Crippen molar-refractivity contribution in [1.29, 1.82) is 0 Å². The Balaban J connectivity index is 0.00000144. The number of aliphatic hydroxyl groups is 1. The Labute approximate surface area is 112 Å². The van der Waals surface area contributed by atoms with E-state index >= 15 is 0 Å². The molecule has 0 spiro atoms. The quantitative estimate of drug-likeness (QED) is 0.495. The smallest absolute Gasteiger partial charge is 0.138 e. The number of hydrogen-bond donors (Lipinski definition) is 4. The van der Waals surface area contributed by atoms with Gasteiger partial charge in [-0.3, -0.25) is 0 Å². The maximum atomic E-state index is 10.2. The van der Waals surface area contributed by atoms with Crippen molar-refractivity contribution in [3.63, 3.8) is 0 Å². The van der Waals surface area contributed by atoms with Crippen LogP contribution in [0.2, 0.25) is 0 Å². The number of aromatic hydroxyl groups is 1. The average Bonchev–Trinajstić information content (AvgIpc) is 2.33. The first-order chi connectivity index (χ1) is 7.68. The molecular formula is C12H19BrN2O2. The molecule has 1 aromatic carbocycles. The Morgan fingerprint density at radius 1 is 1.35 bits per heavy atom. The molecule has 17 heavy (non-hydrogen) atoms. The third-order valence-corrected chi connectivity index (χ3v) is 3.12. The molecule has 0 amide bonds. The zero-order valence-electron chi connectivity index (χ0n) is 9.60. The van der Waals surface area contributed by atoms with Gasteiger partial charge < -0.3 is 21.3 Å². The molecule has 1 aromatic rings. The molecule has 2 unspecified atom stereocenters. The lowest BCUT2D eigenvalue weighted by Gasteiger charge is -2.28. The van der Waals surface area contributed by atoms with Crippen molar-refractivity contribution in [2.24, 2.45) is 0 Å². The van der Waals surface area contributed by atoms with E-state index in [1.807, 2.05) is 0 Å². The molecule has 1 fully saturated rings. The normalized spacial score (nSPS) is 21.6. The fourth-order valence-electron chi connectivity index (χ4n) is 2.14. The highest BCUT2D eigenvalue weighted by Crippen LogP contribution is 2.28. The highest BCUT2D eigenvalue weighted by molar-refractivity contribution is 8.93. The van der Waals surface area contributed by atoms with Gasteiger partial charge in [-0.2, -0.15) is 0 Å². The SMILES string of the molecule is Br.Nc1cc(C(O)C2CCCCN2)ccc1O. The Bertz CT molecular complexity index is 368. The van der Waals surface area contributed by atoms with Gasteiger partial charge in [0.1, 0.15) is 5.75 Å². The van der Waals surface area contributed by atoms with E-state index in [1.54, 1.807) is 12.1 Å². The summed E-state index contributed by atoms with van der Waals surface area (Å²) in [6.07, 6.45) is 2.73. The first-order valence-corrected chi connectivity index (χ1v) is 5.68. The van der Waals surface area contributed by atoms with E-state index in [4.69, 9.17) is 5.73 Å². The van der Waals surface area contributed by atoms with Crippen LogP contribution in [0.15, 0.2) is 18.2 Å². The lowest BCUT2D eigenvalue weighted by Crippen LogP contribution is -2.38. The average molecular weight is 303 g/mol. The van der Waals surface area contributed by atoms with Crippen molar-refractivity contribution in [1.82, 2.24) is 5.32 Å².